The molecule has 3 unspecified atom stereocenters. The zero-order chi connectivity index (χ0) is 7.68. The van der Waals surface area contributed by atoms with Crippen LogP contribution < -0.4 is 0 Å². The van der Waals surface area contributed by atoms with Crippen molar-refractivity contribution < 1.29 is 4.74 Å². The van der Waals surface area contributed by atoms with E-state index < -0.39 is 0 Å². The van der Waals surface area contributed by atoms with Crippen LogP contribution in [0, 0.1) is 5.92 Å². The molecule has 0 N–H and O–H groups in total. The fourth-order valence-electron chi connectivity index (χ4n) is 2.32. The van der Waals surface area contributed by atoms with Gasteiger partial charge in [-0.15, -0.1) is 0 Å². The van der Waals surface area contributed by atoms with Gasteiger partial charge in [-0.05, 0) is 25.2 Å². The van der Waals surface area contributed by atoms with Crippen LogP contribution in [0.1, 0.15) is 45.4 Å². The molecule has 2 aliphatic rings. The Labute approximate surface area is 69.1 Å². The van der Waals surface area contributed by atoms with Gasteiger partial charge in [0.15, 0.2) is 0 Å². The summed E-state index contributed by atoms with van der Waals surface area (Å²) in [6, 6.07) is 0. The lowest BCUT2D eigenvalue weighted by Gasteiger charge is -2.17. The third-order valence-corrected chi connectivity index (χ3v) is 3.08. The molecule has 2 rings (SSSR count). The van der Waals surface area contributed by atoms with Gasteiger partial charge >= 0.3 is 0 Å². The van der Waals surface area contributed by atoms with Crippen molar-refractivity contribution in [1.82, 2.24) is 0 Å². The molecule has 1 aliphatic heterocycles. The Bertz CT molecular complexity index is 133. The van der Waals surface area contributed by atoms with Gasteiger partial charge in [0.2, 0.25) is 0 Å². The summed E-state index contributed by atoms with van der Waals surface area (Å²) in [5.41, 5.74) is 0. The maximum atomic E-state index is 5.59. The highest BCUT2D eigenvalue weighted by atomic mass is 16.6. The Morgan fingerprint density at radius 3 is 3.09 bits per heavy atom. The SMILES string of the molecule is CCCCC1CCCC2OC12. The zero-order valence-corrected chi connectivity index (χ0v) is 7.38. The molecule has 0 aromatic rings. The second-order valence-electron chi connectivity index (χ2n) is 3.97. The Morgan fingerprint density at radius 1 is 1.36 bits per heavy atom. The molecule has 0 aromatic carbocycles. The summed E-state index contributed by atoms with van der Waals surface area (Å²) < 4.78 is 5.59. The maximum Gasteiger partial charge on any atom is 0.0869 e. The molecule has 0 bridgehead atoms. The van der Waals surface area contributed by atoms with Crippen molar-refractivity contribution in [3.63, 3.8) is 0 Å². The van der Waals surface area contributed by atoms with E-state index in [1.165, 1.54) is 38.5 Å². The first-order chi connectivity index (χ1) is 5.42. The molecular weight excluding hydrogens is 136 g/mol. The average Bonchev–Trinajstić information content (AvgIpc) is 2.79. The normalized spacial score (nSPS) is 41.7. The van der Waals surface area contributed by atoms with Gasteiger partial charge < -0.3 is 4.74 Å². The van der Waals surface area contributed by atoms with Gasteiger partial charge in [0.1, 0.15) is 0 Å². The molecule has 1 nitrogen and oxygen atoms in total. The molecular formula is C10H18O. The van der Waals surface area contributed by atoms with Crippen LogP contribution in [0.2, 0.25) is 0 Å². The first-order valence-electron chi connectivity index (χ1n) is 5.07. The summed E-state index contributed by atoms with van der Waals surface area (Å²) in [6.45, 7) is 2.27. The third kappa shape index (κ3) is 1.58. The number of fused-ring (bicyclic) bond motifs is 1. The molecule has 0 aromatic heterocycles. The molecule has 0 radical (unpaired) electrons. The minimum absolute atomic E-state index is 0.686. The van der Waals surface area contributed by atoms with Crippen molar-refractivity contribution in [3.05, 3.63) is 0 Å². The smallest absolute Gasteiger partial charge is 0.0869 e. The minimum atomic E-state index is 0.686. The third-order valence-electron chi connectivity index (χ3n) is 3.08. The van der Waals surface area contributed by atoms with Gasteiger partial charge in [-0.2, -0.15) is 0 Å². The van der Waals surface area contributed by atoms with Gasteiger partial charge in [-0.1, -0.05) is 26.2 Å². The monoisotopic (exact) mass is 154 g/mol. The summed E-state index contributed by atoms with van der Waals surface area (Å²) >= 11 is 0. The maximum absolute atomic E-state index is 5.59. The molecule has 1 saturated heterocycles. The Morgan fingerprint density at radius 2 is 2.27 bits per heavy atom. The predicted octanol–water partition coefficient (Wildman–Crippen LogP) is 2.74. The van der Waals surface area contributed by atoms with E-state index in [-0.39, 0.29) is 0 Å². The highest BCUT2D eigenvalue weighted by Crippen LogP contribution is 2.42. The van der Waals surface area contributed by atoms with Crippen molar-refractivity contribution in [2.24, 2.45) is 5.92 Å². The largest absolute Gasteiger partial charge is 0.369 e. The Balaban J connectivity index is 1.75. The minimum Gasteiger partial charge on any atom is -0.369 e. The summed E-state index contributed by atoms with van der Waals surface area (Å²) in [7, 11) is 0. The average molecular weight is 154 g/mol. The van der Waals surface area contributed by atoms with Crippen LogP contribution >= 0.6 is 0 Å². The second-order valence-corrected chi connectivity index (χ2v) is 3.97. The van der Waals surface area contributed by atoms with Crippen LogP contribution in [0.5, 0.6) is 0 Å². The quantitative estimate of drug-likeness (QED) is 0.569. The summed E-state index contributed by atoms with van der Waals surface area (Å²) in [5.74, 6) is 0.925. The molecule has 1 saturated carbocycles. The second kappa shape index (κ2) is 3.14. The van der Waals surface area contributed by atoms with E-state index >= 15 is 0 Å². The van der Waals surface area contributed by atoms with Crippen molar-refractivity contribution in [3.8, 4) is 0 Å². The lowest BCUT2D eigenvalue weighted by atomic mass is 9.86. The topological polar surface area (TPSA) is 12.5 Å². The molecule has 0 spiro atoms. The van der Waals surface area contributed by atoms with Crippen LogP contribution in [0.3, 0.4) is 0 Å². The number of epoxide rings is 1. The van der Waals surface area contributed by atoms with Crippen molar-refractivity contribution in [2.75, 3.05) is 0 Å². The molecule has 3 atom stereocenters. The molecule has 2 fully saturated rings. The summed E-state index contributed by atoms with van der Waals surface area (Å²) in [5, 5.41) is 0. The lowest BCUT2D eigenvalue weighted by Crippen LogP contribution is -2.15. The summed E-state index contributed by atoms with van der Waals surface area (Å²) in [4.78, 5) is 0. The van der Waals surface area contributed by atoms with Crippen LogP contribution in [0.25, 0.3) is 0 Å². The van der Waals surface area contributed by atoms with E-state index in [9.17, 15) is 0 Å². The molecule has 64 valence electrons. The Hall–Kier alpha value is -0.0400. The predicted molar refractivity (Wildman–Crippen MR) is 45.5 cm³/mol. The standard InChI is InChI=1S/C10H18O/c1-2-3-5-8-6-4-7-9-10(8)11-9/h8-10H,2-7H2,1H3. The van der Waals surface area contributed by atoms with Crippen molar-refractivity contribution in [2.45, 2.75) is 57.7 Å². The molecule has 11 heavy (non-hydrogen) atoms. The highest BCUT2D eigenvalue weighted by molar-refractivity contribution is 4.94. The van der Waals surface area contributed by atoms with Gasteiger partial charge in [-0.25, -0.2) is 0 Å². The van der Waals surface area contributed by atoms with E-state index in [1.54, 1.807) is 0 Å². The van der Waals surface area contributed by atoms with E-state index in [0.29, 0.717) is 12.2 Å². The first-order valence-corrected chi connectivity index (χ1v) is 5.07. The van der Waals surface area contributed by atoms with Crippen molar-refractivity contribution >= 4 is 0 Å². The number of hydrogen-bond acceptors (Lipinski definition) is 1. The van der Waals surface area contributed by atoms with Gasteiger partial charge in [0.05, 0.1) is 12.2 Å². The summed E-state index contributed by atoms with van der Waals surface area (Å²) in [6.07, 6.45) is 9.72. The Kier molecular flexibility index (Phi) is 2.17. The van der Waals surface area contributed by atoms with Gasteiger partial charge in [0, 0.05) is 0 Å². The first kappa shape index (κ1) is 7.60. The number of ether oxygens (including phenoxy) is 1. The van der Waals surface area contributed by atoms with Gasteiger partial charge in [0.25, 0.3) is 0 Å². The van der Waals surface area contributed by atoms with Crippen molar-refractivity contribution in [1.29, 1.82) is 0 Å². The van der Waals surface area contributed by atoms with E-state index in [2.05, 4.69) is 6.92 Å². The van der Waals surface area contributed by atoms with E-state index in [1.807, 2.05) is 0 Å². The number of hydrogen-bond donors (Lipinski definition) is 0. The molecule has 1 heterocycles. The molecule has 0 amide bonds. The van der Waals surface area contributed by atoms with Crippen LogP contribution in [-0.2, 0) is 4.74 Å². The van der Waals surface area contributed by atoms with Crippen LogP contribution in [0.4, 0.5) is 0 Å². The van der Waals surface area contributed by atoms with Crippen LogP contribution in [-0.4, -0.2) is 12.2 Å². The molecule has 1 heteroatoms. The van der Waals surface area contributed by atoms with E-state index in [0.717, 1.165) is 5.92 Å². The number of unbranched alkanes of at least 4 members (excludes halogenated alkanes) is 1. The fraction of sp³-hybridized carbons (Fsp3) is 1.00. The number of rotatable bonds is 3. The zero-order valence-electron chi connectivity index (χ0n) is 7.38. The fourth-order valence-corrected chi connectivity index (χ4v) is 2.32. The lowest BCUT2D eigenvalue weighted by molar-refractivity contribution is 0.304. The van der Waals surface area contributed by atoms with Crippen LogP contribution in [0.15, 0.2) is 0 Å². The van der Waals surface area contributed by atoms with E-state index in [4.69, 9.17) is 4.74 Å². The van der Waals surface area contributed by atoms with Gasteiger partial charge in [-0.3, -0.25) is 0 Å². The molecule has 1 aliphatic carbocycles. The highest BCUT2D eigenvalue weighted by Gasteiger charge is 2.46.